The first-order valence-electron chi connectivity index (χ1n) is 5.99. The van der Waals surface area contributed by atoms with Crippen LogP contribution in [0, 0.1) is 6.92 Å². The average Bonchev–Trinajstić information content (AvgIpc) is 2.97. The maximum absolute atomic E-state index is 10.9. The number of imidazole rings is 1. The Morgan fingerprint density at radius 2 is 2.50 bits per heavy atom. The lowest BCUT2D eigenvalue weighted by atomic mass is 9.98. The monoisotopic (exact) mass is 245 g/mol. The van der Waals surface area contributed by atoms with Gasteiger partial charge in [-0.05, 0) is 18.6 Å². The van der Waals surface area contributed by atoms with Gasteiger partial charge in [-0.15, -0.1) is 0 Å². The zero-order valence-corrected chi connectivity index (χ0v) is 10.2. The third-order valence-electron chi connectivity index (χ3n) is 3.57. The molecule has 0 radical (unpaired) electrons. The molecule has 2 aromatic heterocycles. The Hall–Kier alpha value is -1.88. The van der Waals surface area contributed by atoms with Gasteiger partial charge in [0.15, 0.2) is 0 Å². The number of nitrogens with one attached hydrogen (secondary N) is 1. The summed E-state index contributed by atoms with van der Waals surface area (Å²) in [6.45, 7) is 3.16. The summed E-state index contributed by atoms with van der Waals surface area (Å²) in [5.74, 6) is 0.839. The van der Waals surface area contributed by atoms with Crippen LogP contribution in [-0.4, -0.2) is 29.0 Å². The lowest BCUT2D eigenvalue weighted by Gasteiger charge is -2.25. The van der Waals surface area contributed by atoms with Gasteiger partial charge in [-0.25, -0.2) is 4.98 Å². The van der Waals surface area contributed by atoms with Crippen LogP contribution in [0.2, 0.25) is 0 Å². The second kappa shape index (κ2) is 4.10. The molecule has 1 atom stereocenters. The van der Waals surface area contributed by atoms with Crippen LogP contribution < -0.4 is 5.32 Å². The van der Waals surface area contributed by atoms with Gasteiger partial charge in [-0.2, -0.15) is 0 Å². The third kappa shape index (κ3) is 1.51. The highest BCUT2D eigenvalue weighted by molar-refractivity contribution is 5.55. The molecule has 1 amide bonds. The number of carbonyl (C=O) groups is 1. The van der Waals surface area contributed by atoms with Gasteiger partial charge in [0, 0.05) is 19.2 Å². The van der Waals surface area contributed by atoms with Crippen LogP contribution in [0.5, 0.6) is 0 Å². The second-order valence-corrected chi connectivity index (χ2v) is 4.68. The molecule has 3 rings (SSSR count). The number of amides is 1. The fourth-order valence-electron chi connectivity index (χ4n) is 2.55. The smallest absolute Gasteiger partial charge is 0.207 e. The Balaban J connectivity index is 2.18. The van der Waals surface area contributed by atoms with Crippen LogP contribution in [0.1, 0.15) is 17.8 Å². The number of fused-ring (bicyclic) bond motifs is 1. The van der Waals surface area contributed by atoms with Crippen molar-refractivity contribution in [2.24, 2.45) is 0 Å². The summed E-state index contributed by atoms with van der Waals surface area (Å²) < 4.78 is 7.47. The normalized spacial score (nSPS) is 23.4. The van der Waals surface area contributed by atoms with E-state index in [1.165, 1.54) is 0 Å². The fraction of sp³-hybridized carbons (Fsp3) is 0.385. The number of hydrogen-bond acceptors (Lipinski definition) is 3. The van der Waals surface area contributed by atoms with Crippen molar-refractivity contribution in [2.45, 2.75) is 18.9 Å². The number of rotatable bonds is 3. The van der Waals surface area contributed by atoms with E-state index in [1.54, 1.807) is 0 Å². The molecule has 0 spiro atoms. The number of aryl methyl sites for hydroxylation is 1. The van der Waals surface area contributed by atoms with Crippen LogP contribution in [0.4, 0.5) is 0 Å². The highest BCUT2D eigenvalue weighted by atomic mass is 16.5. The SMILES string of the molecule is Cc1cccn2c(C3(NC=O)CCOC3)ncc12. The molecule has 0 bridgehead atoms. The molecular weight excluding hydrogens is 230 g/mol. The third-order valence-corrected chi connectivity index (χ3v) is 3.57. The minimum atomic E-state index is -0.498. The molecule has 5 heteroatoms. The van der Waals surface area contributed by atoms with Crippen molar-refractivity contribution in [2.75, 3.05) is 13.2 Å². The van der Waals surface area contributed by atoms with Crippen molar-refractivity contribution in [3.8, 4) is 0 Å². The summed E-state index contributed by atoms with van der Waals surface area (Å²) in [7, 11) is 0. The van der Waals surface area contributed by atoms with Gasteiger partial charge in [0.25, 0.3) is 0 Å². The predicted octanol–water partition coefficient (Wildman–Crippen LogP) is 1.00. The van der Waals surface area contributed by atoms with Crippen molar-refractivity contribution in [3.63, 3.8) is 0 Å². The molecule has 3 heterocycles. The summed E-state index contributed by atoms with van der Waals surface area (Å²) in [6, 6.07) is 4.03. The van der Waals surface area contributed by atoms with E-state index in [0.717, 1.165) is 29.7 Å². The first-order valence-corrected chi connectivity index (χ1v) is 5.99. The zero-order valence-electron chi connectivity index (χ0n) is 10.2. The molecule has 0 aromatic carbocycles. The highest BCUT2D eigenvalue weighted by Crippen LogP contribution is 2.30. The van der Waals surface area contributed by atoms with Gasteiger partial charge >= 0.3 is 0 Å². The summed E-state index contributed by atoms with van der Waals surface area (Å²) in [4.78, 5) is 15.4. The van der Waals surface area contributed by atoms with Crippen molar-refractivity contribution in [3.05, 3.63) is 35.9 Å². The van der Waals surface area contributed by atoms with Gasteiger partial charge in [0.2, 0.25) is 6.41 Å². The van der Waals surface area contributed by atoms with Gasteiger partial charge in [0.1, 0.15) is 11.4 Å². The van der Waals surface area contributed by atoms with Crippen LogP contribution in [-0.2, 0) is 15.1 Å². The highest BCUT2D eigenvalue weighted by Gasteiger charge is 2.40. The molecule has 94 valence electrons. The quantitative estimate of drug-likeness (QED) is 0.821. The van der Waals surface area contributed by atoms with Crippen LogP contribution in [0.15, 0.2) is 24.5 Å². The van der Waals surface area contributed by atoms with Gasteiger partial charge in [-0.1, -0.05) is 6.07 Å². The number of hydrogen-bond donors (Lipinski definition) is 1. The largest absolute Gasteiger partial charge is 0.378 e. The van der Waals surface area contributed by atoms with E-state index in [2.05, 4.69) is 10.3 Å². The average molecular weight is 245 g/mol. The first-order chi connectivity index (χ1) is 8.77. The molecule has 1 unspecified atom stereocenters. The van der Waals surface area contributed by atoms with Gasteiger partial charge in [-0.3, -0.25) is 4.79 Å². The lowest BCUT2D eigenvalue weighted by Crippen LogP contribution is -2.43. The molecule has 1 fully saturated rings. The summed E-state index contributed by atoms with van der Waals surface area (Å²) in [5, 5.41) is 2.88. The van der Waals surface area contributed by atoms with E-state index in [-0.39, 0.29) is 0 Å². The fourth-order valence-corrected chi connectivity index (χ4v) is 2.55. The topological polar surface area (TPSA) is 55.6 Å². The minimum absolute atomic E-state index is 0.471. The van der Waals surface area contributed by atoms with Gasteiger partial charge < -0.3 is 14.5 Å². The Morgan fingerprint density at radius 3 is 3.22 bits per heavy atom. The minimum Gasteiger partial charge on any atom is -0.378 e. The van der Waals surface area contributed by atoms with Crippen molar-refractivity contribution >= 4 is 11.9 Å². The molecule has 2 aromatic rings. The number of carbonyl (C=O) groups excluding carboxylic acids is 1. The Bertz CT molecular complexity index is 585. The molecule has 5 nitrogen and oxygen atoms in total. The Kier molecular flexibility index (Phi) is 2.56. The molecule has 1 N–H and O–H groups in total. The summed E-state index contributed by atoms with van der Waals surface area (Å²) in [6.07, 6.45) is 5.29. The molecule has 0 aliphatic carbocycles. The van der Waals surface area contributed by atoms with Crippen LogP contribution >= 0.6 is 0 Å². The summed E-state index contributed by atoms with van der Waals surface area (Å²) in [5.41, 5.74) is 1.73. The van der Waals surface area contributed by atoms with Gasteiger partial charge in [0.05, 0.1) is 18.3 Å². The van der Waals surface area contributed by atoms with E-state index in [1.807, 2.05) is 35.9 Å². The lowest BCUT2D eigenvalue weighted by molar-refractivity contribution is -0.111. The number of aromatic nitrogens is 2. The van der Waals surface area contributed by atoms with E-state index in [4.69, 9.17) is 4.74 Å². The Labute approximate surface area is 105 Å². The van der Waals surface area contributed by atoms with E-state index in [9.17, 15) is 4.79 Å². The Morgan fingerprint density at radius 1 is 1.61 bits per heavy atom. The van der Waals surface area contributed by atoms with E-state index in [0.29, 0.717) is 13.2 Å². The molecule has 1 aliphatic heterocycles. The first kappa shape index (κ1) is 11.2. The number of nitrogens with zero attached hydrogens (tertiary/aromatic N) is 2. The molecule has 0 saturated carbocycles. The standard InChI is InChI=1S/C13H15N3O2/c1-10-3-2-5-16-11(10)7-14-12(16)13(15-9-17)4-6-18-8-13/h2-3,5,7,9H,4,6,8H2,1H3,(H,15,17). The molecular formula is C13H15N3O2. The molecule has 18 heavy (non-hydrogen) atoms. The predicted molar refractivity (Wildman–Crippen MR) is 66.2 cm³/mol. The van der Waals surface area contributed by atoms with Crippen LogP contribution in [0.3, 0.4) is 0 Å². The van der Waals surface area contributed by atoms with E-state index >= 15 is 0 Å². The summed E-state index contributed by atoms with van der Waals surface area (Å²) >= 11 is 0. The second-order valence-electron chi connectivity index (χ2n) is 4.68. The maximum atomic E-state index is 10.9. The van der Waals surface area contributed by atoms with Crippen molar-refractivity contribution in [1.82, 2.24) is 14.7 Å². The van der Waals surface area contributed by atoms with Crippen LogP contribution in [0.25, 0.3) is 5.52 Å². The maximum Gasteiger partial charge on any atom is 0.207 e. The van der Waals surface area contributed by atoms with Crippen molar-refractivity contribution < 1.29 is 9.53 Å². The van der Waals surface area contributed by atoms with E-state index < -0.39 is 5.54 Å². The number of pyridine rings is 1. The molecule has 1 aliphatic rings. The zero-order chi connectivity index (χ0) is 12.6. The molecule has 1 saturated heterocycles. The van der Waals surface area contributed by atoms with Crippen molar-refractivity contribution in [1.29, 1.82) is 0 Å². The number of ether oxygens (including phenoxy) is 1.